The molecular formula is C15H22N2O3. The summed E-state index contributed by atoms with van der Waals surface area (Å²) in [7, 11) is 0. The van der Waals surface area contributed by atoms with Crippen LogP contribution in [0.4, 0.5) is 0 Å². The molecule has 3 rings (SSSR count). The molecule has 1 aromatic rings. The largest absolute Gasteiger partial charge is 0.454 e. The first-order valence-corrected chi connectivity index (χ1v) is 7.32. The molecule has 5 nitrogen and oxygen atoms in total. The summed E-state index contributed by atoms with van der Waals surface area (Å²) < 4.78 is 16.2. The molecule has 2 heterocycles. The van der Waals surface area contributed by atoms with Crippen LogP contribution in [0.2, 0.25) is 0 Å². The molecule has 5 heteroatoms. The van der Waals surface area contributed by atoms with Crippen molar-refractivity contribution >= 4 is 0 Å². The Bertz CT molecular complexity index is 433. The SMILES string of the molecule is c1cc(CNCCCN2CCOCC2)c2c(c1)OCO2. The molecule has 20 heavy (non-hydrogen) atoms. The second-order valence-electron chi connectivity index (χ2n) is 5.14. The van der Waals surface area contributed by atoms with Crippen molar-refractivity contribution in [2.45, 2.75) is 13.0 Å². The van der Waals surface area contributed by atoms with E-state index in [9.17, 15) is 0 Å². The van der Waals surface area contributed by atoms with Crippen molar-refractivity contribution in [3.05, 3.63) is 23.8 Å². The van der Waals surface area contributed by atoms with E-state index in [-0.39, 0.29) is 0 Å². The highest BCUT2D eigenvalue weighted by molar-refractivity contribution is 5.48. The number of para-hydroxylation sites is 1. The van der Waals surface area contributed by atoms with E-state index in [2.05, 4.69) is 16.3 Å². The lowest BCUT2D eigenvalue weighted by molar-refractivity contribution is 0.0374. The van der Waals surface area contributed by atoms with Crippen molar-refractivity contribution in [3.8, 4) is 11.5 Å². The smallest absolute Gasteiger partial charge is 0.231 e. The maximum atomic E-state index is 5.50. The Kier molecular flexibility index (Phi) is 4.73. The fourth-order valence-corrected chi connectivity index (χ4v) is 2.61. The maximum absolute atomic E-state index is 5.50. The van der Waals surface area contributed by atoms with Gasteiger partial charge in [-0.15, -0.1) is 0 Å². The van der Waals surface area contributed by atoms with Crippen molar-refractivity contribution in [3.63, 3.8) is 0 Å². The molecule has 1 aromatic carbocycles. The molecule has 1 fully saturated rings. The van der Waals surface area contributed by atoms with Crippen molar-refractivity contribution in [2.75, 3.05) is 46.2 Å². The summed E-state index contributed by atoms with van der Waals surface area (Å²) in [5.41, 5.74) is 1.17. The molecule has 0 saturated carbocycles. The molecule has 0 spiro atoms. The lowest BCUT2D eigenvalue weighted by Crippen LogP contribution is -2.37. The van der Waals surface area contributed by atoms with E-state index < -0.39 is 0 Å². The summed E-state index contributed by atoms with van der Waals surface area (Å²) in [6.07, 6.45) is 1.16. The van der Waals surface area contributed by atoms with Crippen molar-refractivity contribution in [1.82, 2.24) is 10.2 Å². The number of benzene rings is 1. The average Bonchev–Trinajstić information content (AvgIpc) is 2.97. The average molecular weight is 278 g/mol. The van der Waals surface area contributed by atoms with Gasteiger partial charge in [0.2, 0.25) is 6.79 Å². The first-order valence-electron chi connectivity index (χ1n) is 7.32. The number of rotatable bonds is 6. The Balaban J connectivity index is 1.37. The number of hydrogen-bond acceptors (Lipinski definition) is 5. The van der Waals surface area contributed by atoms with Gasteiger partial charge in [0.15, 0.2) is 11.5 Å². The minimum Gasteiger partial charge on any atom is -0.454 e. The number of ether oxygens (including phenoxy) is 3. The van der Waals surface area contributed by atoms with E-state index in [1.165, 1.54) is 5.56 Å². The first kappa shape index (κ1) is 13.7. The molecule has 2 aliphatic heterocycles. The van der Waals surface area contributed by atoms with Gasteiger partial charge in [0.1, 0.15) is 0 Å². The molecule has 0 aliphatic carbocycles. The minimum atomic E-state index is 0.337. The molecule has 1 saturated heterocycles. The number of hydrogen-bond donors (Lipinski definition) is 1. The van der Waals surface area contributed by atoms with Gasteiger partial charge in [0, 0.05) is 25.2 Å². The molecule has 1 N–H and O–H groups in total. The van der Waals surface area contributed by atoms with E-state index in [1.54, 1.807) is 0 Å². The van der Waals surface area contributed by atoms with Gasteiger partial charge in [-0.3, -0.25) is 4.90 Å². The van der Waals surface area contributed by atoms with Crippen LogP contribution in [0, 0.1) is 0 Å². The summed E-state index contributed by atoms with van der Waals surface area (Å²) in [6, 6.07) is 6.05. The summed E-state index contributed by atoms with van der Waals surface area (Å²) in [5, 5.41) is 3.48. The lowest BCUT2D eigenvalue weighted by atomic mass is 10.2. The van der Waals surface area contributed by atoms with Gasteiger partial charge in [0.05, 0.1) is 13.2 Å². The number of nitrogens with one attached hydrogen (secondary N) is 1. The normalized spacial score (nSPS) is 18.4. The van der Waals surface area contributed by atoms with Crippen LogP contribution in [0.1, 0.15) is 12.0 Å². The minimum absolute atomic E-state index is 0.337. The molecule has 0 atom stereocenters. The van der Waals surface area contributed by atoms with Crippen LogP contribution in [0.15, 0.2) is 18.2 Å². The van der Waals surface area contributed by atoms with Crippen LogP contribution >= 0.6 is 0 Å². The summed E-state index contributed by atoms with van der Waals surface area (Å²) in [4.78, 5) is 2.46. The van der Waals surface area contributed by atoms with Crippen LogP contribution in [0.25, 0.3) is 0 Å². The van der Waals surface area contributed by atoms with E-state index in [0.717, 1.165) is 63.9 Å². The van der Waals surface area contributed by atoms with E-state index in [0.29, 0.717) is 6.79 Å². The Labute approximate surface area is 119 Å². The first-order chi connectivity index (χ1) is 9.93. The van der Waals surface area contributed by atoms with Crippen molar-refractivity contribution in [2.24, 2.45) is 0 Å². The molecule has 110 valence electrons. The molecule has 0 bridgehead atoms. The summed E-state index contributed by atoms with van der Waals surface area (Å²) in [6.45, 7) is 7.21. The highest BCUT2D eigenvalue weighted by Gasteiger charge is 2.16. The van der Waals surface area contributed by atoms with Gasteiger partial charge in [-0.2, -0.15) is 0 Å². The van der Waals surface area contributed by atoms with Crippen molar-refractivity contribution < 1.29 is 14.2 Å². The van der Waals surface area contributed by atoms with Gasteiger partial charge in [0.25, 0.3) is 0 Å². The van der Waals surface area contributed by atoms with Crippen LogP contribution in [-0.2, 0) is 11.3 Å². The quantitative estimate of drug-likeness (QED) is 0.793. The Hall–Kier alpha value is -1.30. The molecule has 0 aromatic heterocycles. The fourth-order valence-electron chi connectivity index (χ4n) is 2.61. The Morgan fingerprint density at radius 3 is 2.95 bits per heavy atom. The molecule has 2 aliphatic rings. The number of fused-ring (bicyclic) bond motifs is 1. The van der Waals surface area contributed by atoms with Crippen LogP contribution in [0.5, 0.6) is 11.5 Å². The van der Waals surface area contributed by atoms with Gasteiger partial charge in [-0.25, -0.2) is 0 Å². The highest BCUT2D eigenvalue weighted by atomic mass is 16.7. The number of nitrogens with zero attached hydrogens (tertiary/aromatic N) is 1. The lowest BCUT2D eigenvalue weighted by Gasteiger charge is -2.26. The number of morpholine rings is 1. The van der Waals surface area contributed by atoms with Crippen LogP contribution in [-0.4, -0.2) is 51.1 Å². The predicted molar refractivity (Wildman–Crippen MR) is 76.1 cm³/mol. The van der Waals surface area contributed by atoms with Crippen molar-refractivity contribution in [1.29, 1.82) is 0 Å². The third-order valence-electron chi connectivity index (χ3n) is 3.73. The zero-order valence-corrected chi connectivity index (χ0v) is 11.8. The van der Waals surface area contributed by atoms with Gasteiger partial charge >= 0.3 is 0 Å². The monoisotopic (exact) mass is 278 g/mol. The third kappa shape index (κ3) is 3.42. The van der Waals surface area contributed by atoms with E-state index >= 15 is 0 Å². The molecular weight excluding hydrogens is 256 g/mol. The summed E-state index contributed by atoms with van der Waals surface area (Å²) in [5.74, 6) is 1.76. The van der Waals surface area contributed by atoms with Crippen LogP contribution < -0.4 is 14.8 Å². The maximum Gasteiger partial charge on any atom is 0.231 e. The molecule has 0 radical (unpaired) electrons. The Morgan fingerprint density at radius 1 is 1.15 bits per heavy atom. The van der Waals surface area contributed by atoms with Gasteiger partial charge in [-0.1, -0.05) is 12.1 Å². The second-order valence-corrected chi connectivity index (χ2v) is 5.14. The summed E-state index contributed by atoms with van der Waals surface area (Å²) >= 11 is 0. The third-order valence-corrected chi connectivity index (χ3v) is 3.73. The van der Waals surface area contributed by atoms with Gasteiger partial charge < -0.3 is 19.5 Å². The molecule has 0 amide bonds. The van der Waals surface area contributed by atoms with Gasteiger partial charge in [-0.05, 0) is 25.6 Å². The second kappa shape index (κ2) is 6.92. The van der Waals surface area contributed by atoms with E-state index in [4.69, 9.17) is 14.2 Å². The topological polar surface area (TPSA) is 43.0 Å². The molecule has 0 unspecified atom stereocenters. The standard InChI is InChI=1S/C15H22N2O3/c1-3-13(15-14(4-1)19-12-20-15)11-16-5-2-6-17-7-9-18-10-8-17/h1,3-4,16H,2,5-12H2. The zero-order chi connectivity index (χ0) is 13.6. The highest BCUT2D eigenvalue weighted by Crippen LogP contribution is 2.35. The fraction of sp³-hybridized carbons (Fsp3) is 0.600. The Morgan fingerprint density at radius 2 is 2.05 bits per heavy atom. The zero-order valence-electron chi connectivity index (χ0n) is 11.8. The van der Waals surface area contributed by atoms with Crippen LogP contribution in [0.3, 0.4) is 0 Å². The van der Waals surface area contributed by atoms with E-state index in [1.807, 2.05) is 12.1 Å². The predicted octanol–water partition coefficient (Wildman–Crippen LogP) is 1.23.